The first-order valence-corrected chi connectivity index (χ1v) is 15.5. The topological polar surface area (TPSA) is 127 Å². The van der Waals surface area contributed by atoms with Crippen LogP contribution in [-0.2, 0) is 16.3 Å². The molecule has 0 bridgehead atoms. The standard InChI is InChI=1S/C23H36N4O6Si/c1-25(9-10-28)21(29)16-5-7-17(8-6-16)27-14-19(23(31)32)20-18(22(27)30)13-26(24-20)15-33-11-12-34(2,3)4/h13-14,16-17,28H,5-12,15H2,1-4H3,(H,31,32)/t16-,17+. The highest BCUT2D eigenvalue weighted by atomic mass is 28.3. The number of carbonyl (C=O) groups is 2. The van der Waals surface area contributed by atoms with Crippen molar-refractivity contribution in [2.45, 2.75) is 64.1 Å². The zero-order chi connectivity index (χ0) is 25.0. The third-order valence-corrected chi connectivity index (χ3v) is 8.16. The van der Waals surface area contributed by atoms with Crippen molar-refractivity contribution in [2.24, 2.45) is 5.92 Å². The van der Waals surface area contributed by atoms with E-state index in [0.717, 1.165) is 6.04 Å². The van der Waals surface area contributed by atoms with Crippen LogP contribution in [0.25, 0.3) is 10.9 Å². The molecule has 11 heteroatoms. The van der Waals surface area contributed by atoms with E-state index in [2.05, 4.69) is 24.7 Å². The van der Waals surface area contributed by atoms with Crippen molar-refractivity contribution >= 4 is 30.9 Å². The lowest BCUT2D eigenvalue weighted by Crippen LogP contribution is -2.37. The number of carboxylic acids is 1. The van der Waals surface area contributed by atoms with Gasteiger partial charge in [-0.25, -0.2) is 9.48 Å². The van der Waals surface area contributed by atoms with Crippen LogP contribution in [0.15, 0.2) is 17.2 Å². The number of aromatic nitrogens is 3. The molecular weight excluding hydrogens is 456 g/mol. The Kier molecular flexibility index (Phi) is 8.32. The molecule has 188 valence electrons. The van der Waals surface area contributed by atoms with Gasteiger partial charge in [-0.1, -0.05) is 19.6 Å². The number of likely N-dealkylation sites (N-methyl/N-ethyl adjacent to an activating group) is 1. The van der Waals surface area contributed by atoms with Crippen molar-refractivity contribution in [1.29, 1.82) is 0 Å². The summed E-state index contributed by atoms with van der Waals surface area (Å²) in [7, 11) is 0.445. The second kappa shape index (κ2) is 10.8. The van der Waals surface area contributed by atoms with E-state index in [9.17, 15) is 19.5 Å². The summed E-state index contributed by atoms with van der Waals surface area (Å²) in [4.78, 5) is 39.3. The molecule has 3 rings (SSSR count). The van der Waals surface area contributed by atoms with Crippen molar-refractivity contribution in [3.63, 3.8) is 0 Å². The molecule has 1 amide bonds. The Morgan fingerprint density at radius 2 is 1.88 bits per heavy atom. The van der Waals surface area contributed by atoms with E-state index in [0.29, 0.717) is 38.8 Å². The molecule has 2 aromatic heterocycles. The maximum absolute atomic E-state index is 13.3. The highest BCUT2D eigenvalue weighted by Gasteiger charge is 2.30. The van der Waals surface area contributed by atoms with Crippen molar-refractivity contribution in [3.8, 4) is 0 Å². The Hall–Kier alpha value is -2.50. The van der Waals surface area contributed by atoms with E-state index in [1.807, 2.05) is 0 Å². The lowest BCUT2D eigenvalue weighted by atomic mass is 9.85. The second-order valence-electron chi connectivity index (χ2n) is 10.3. The number of fused-ring (bicyclic) bond motifs is 1. The van der Waals surface area contributed by atoms with Gasteiger partial charge in [0.25, 0.3) is 5.56 Å². The summed E-state index contributed by atoms with van der Waals surface area (Å²) < 4.78 is 8.70. The number of amides is 1. The number of nitrogens with zero attached hydrogens (tertiary/aromatic N) is 4. The zero-order valence-electron chi connectivity index (χ0n) is 20.5. The van der Waals surface area contributed by atoms with Crippen LogP contribution in [-0.4, -0.2) is 76.2 Å². The van der Waals surface area contributed by atoms with E-state index in [-0.39, 0.29) is 53.2 Å². The number of aliphatic hydroxyl groups is 1. The van der Waals surface area contributed by atoms with Crippen LogP contribution in [0.3, 0.4) is 0 Å². The van der Waals surface area contributed by atoms with Gasteiger partial charge in [0.1, 0.15) is 17.8 Å². The average Bonchev–Trinajstić information content (AvgIpc) is 3.20. The number of hydrogen-bond acceptors (Lipinski definition) is 6. The van der Waals surface area contributed by atoms with Crippen LogP contribution in [0.2, 0.25) is 25.7 Å². The Bertz CT molecular complexity index is 1080. The quantitative estimate of drug-likeness (QED) is 0.385. The van der Waals surface area contributed by atoms with E-state index >= 15 is 0 Å². The minimum atomic E-state index is -1.23. The molecule has 2 aromatic rings. The first kappa shape index (κ1) is 26.1. The smallest absolute Gasteiger partial charge is 0.339 e. The summed E-state index contributed by atoms with van der Waals surface area (Å²) in [6.07, 6.45) is 5.37. The summed E-state index contributed by atoms with van der Waals surface area (Å²) in [5.41, 5.74) is -0.131. The van der Waals surface area contributed by atoms with Gasteiger partial charge in [0.15, 0.2) is 0 Å². The van der Waals surface area contributed by atoms with Crippen LogP contribution < -0.4 is 5.56 Å². The fraction of sp³-hybridized carbons (Fsp3) is 0.652. The third-order valence-electron chi connectivity index (χ3n) is 6.45. The van der Waals surface area contributed by atoms with Crippen molar-refractivity contribution in [2.75, 3.05) is 26.8 Å². The van der Waals surface area contributed by atoms with E-state index in [1.54, 1.807) is 13.2 Å². The van der Waals surface area contributed by atoms with Gasteiger partial charge >= 0.3 is 5.97 Å². The monoisotopic (exact) mass is 492 g/mol. The summed E-state index contributed by atoms with van der Waals surface area (Å²) in [5.74, 6) is -1.29. The largest absolute Gasteiger partial charge is 0.478 e. The van der Waals surface area contributed by atoms with Gasteiger partial charge in [0.05, 0.1) is 12.0 Å². The number of aromatic carboxylic acids is 1. The molecule has 0 radical (unpaired) electrons. The van der Waals surface area contributed by atoms with Crippen LogP contribution in [0.4, 0.5) is 0 Å². The molecule has 10 nitrogen and oxygen atoms in total. The molecule has 1 aliphatic carbocycles. The maximum Gasteiger partial charge on any atom is 0.339 e. The molecule has 0 aliphatic heterocycles. The predicted octanol–water partition coefficient (Wildman–Crippen LogP) is 2.39. The number of pyridine rings is 1. The van der Waals surface area contributed by atoms with E-state index in [4.69, 9.17) is 9.84 Å². The minimum absolute atomic E-state index is 0.00284. The summed E-state index contributed by atoms with van der Waals surface area (Å²) in [6.45, 7) is 7.75. The average molecular weight is 493 g/mol. The van der Waals surface area contributed by atoms with Crippen molar-refractivity contribution < 1.29 is 24.5 Å². The first-order chi connectivity index (χ1) is 16.0. The Morgan fingerprint density at radius 1 is 1.21 bits per heavy atom. The third kappa shape index (κ3) is 6.13. The predicted molar refractivity (Wildman–Crippen MR) is 131 cm³/mol. The molecule has 1 aliphatic rings. The minimum Gasteiger partial charge on any atom is -0.478 e. The Morgan fingerprint density at radius 3 is 2.47 bits per heavy atom. The van der Waals surface area contributed by atoms with Crippen LogP contribution in [0, 0.1) is 5.92 Å². The number of aliphatic hydroxyl groups excluding tert-OH is 1. The van der Waals surface area contributed by atoms with E-state index in [1.165, 1.54) is 20.3 Å². The number of carbonyl (C=O) groups excluding carboxylic acids is 1. The zero-order valence-corrected chi connectivity index (χ0v) is 21.5. The fourth-order valence-electron chi connectivity index (χ4n) is 4.38. The Balaban J connectivity index is 1.78. The fourth-order valence-corrected chi connectivity index (χ4v) is 5.13. The van der Waals surface area contributed by atoms with Crippen LogP contribution >= 0.6 is 0 Å². The van der Waals surface area contributed by atoms with Gasteiger partial charge in [0, 0.05) is 52.6 Å². The van der Waals surface area contributed by atoms with Gasteiger partial charge in [-0.3, -0.25) is 9.59 Å². The summed E-state index contributed by atoms with van der Waals surface area (Å²) in [6, 6.07) is 0.820. The maximum atomic E-state index is 13.3. The molecule has 0 atom stereocenters. The molecular formula is C23H36N4O6Si. The lowest BCUT2D eigenvalue weighted by Gasteiger charge is -2.31. The summed E-state index contributed by atoms with van der Waals surface area (Å²) in [5, 5.41) is 23.4. The molecule has 1 fully saturated rings. The van der Waals surface area contributed by atoms with Gasteiger partial charge in [0.2, 0.25) is 5.91 Å². The number of ether oxygens (including phenoxy) is 1. The second-order valence-corrected chi connectivity index (χ2v) is 15.9. The molecule has 0 aromatic carbocycles. The molecule has 2 N–H and O–H groups in total. The van der Waals surface area contributed by atoms with Gasteiger partial charge in [-0.2, -0.15) is 5.10 Å². The molecule has 0 spiro atoms. The highest BCUT2D eigenvalue weighted by Crippen LogP contribution is 2.33. The summed E-state index contributed by atoms with van der Waals surface area (Å²) >= 11 is 0. The lowest BCUT2D eigenvalue weighted by molar-refractivity contribution is -0.135. The van der Waals surface area contributed by atoms with Gasteiger partial charge in [-0.15, -0.1) is 0 Å². The van der Waals surface area contributed by atoms with Crippen molar-refractivity contribution in [1.82, 2.24) is 19.2 Å². The normalized spacial score (nSPS) is 18.9. The molecule has 0 saturated heterocycles. The molecule has 0 unspecified atom stereocenters. The van der Waals surface area contributed by atoms with Crippen molar-refractivity contribution in [3.05, 3.63) is 28.3 Å². The Labute approximate surface area is 200 Å². The number of hydrogen-bond donors (Lipinski definition) is 2. The van der Waals surface area contributed by atoms with Crippen LogP contribution in [0.1, 0.15) is 42.1 Å². The van der Waals surface area contributed by atoms with Gasteiger partial charge in [-0.05, 0) is 31.7 Å². The molecule has 34 heavy (non-hydrogen) atoms. The van der Waals surface area contributed by atoms with Gasteiger partial charge < -0.3 is 24.4 Å². The van der Waals surface area contributed by atoms with Crippen LogP contribution in [0.5, 0.6) is 0 Å². The number of rotatable bonds is 10. The first-order valence-electron chi connectivity index (χ1n) is 11.8. The molecule has 1 saturated carbocycles. The molecule has 2 heterocycles. The SMILES string of the molecule is CN(CCO)C(=O)[C@H]1CC[C@@H](n2cc(C(=O)O)c3nn(COCC[Si](C)(C)C)cc3c2=O)CC1. The number of carboxylic acid groups (broad SMARTS) is 1. The van der Waals surface area contributed by atoms with E-state index < -0.39 is 14.0 Å². The highest BCUT2D eigenvalue weighted by molar-refractivity contribution is 6.76.